The van der Waals surface area contributed by atoms with Gasteiger partial charge in [-0.3, -0.25) is 0 Å². The average Bonchev–Trinajstić information content (AvgIpc) is 3.20. The fourth-order valence-corrected chi connectivity index (χ4v) is 15.1. The fraction of sp³-hybridized carbons (Fsp3) is 0.0870. The molecular formula is C23H21PS4. The highest BCUT2D eigenvalue weighted by Crippen LogP contribution is 2.53. The number of thioether (sulfide) groups is 2. The molecule has 0 saturated heterocycles. The van der Waals surface area contributed by atoms with Crippen LogP contribution >= 0.6 is 53.1 Å². The number of benzene rings is 3. The molecule has 28 heavy (non-hydrogen) atoms. The zero-order valence-corrected chi connectivity index (χ0v) is 19.9. The van der Waals surface area contributed by atoms with Gasteiger partial charge < -0.3 is 0 Å². The number of rotatable bonds is 5. The maximum Gasteiger partial charge on any atom is 0.0901 e. The van der Waals surface area contributed by atoms with Crippen LogP contribution in [0.3, 0.4) is 0 Å². The van der Waals surface area contributed by atoms with Crippen LogP contribution in [0, 0.1) is 3.57 Å². The highest BCUT2D eigenvalue weighted by molar-refractivity contribution is 8.05. The Balaban J connectivity index is 2.27. The molecule has 4 rings (SSSR count). The van der Waals surface area contributed by atoms with Gasteiger partial charge in [-0.05, 0) is 28.4 Å². The van der Waals surface area contributed by atoms with E-state index in [0.717, 1.165) is 0 Å². The third-order valence-electron chi connectivity index (χ3n) is 4.60. The summed E-state index contributed by atoms with van der Waals surface area (Å²) in [6.45, 7) is -1.93. The Labute approximate surface area is 183 Å². The Morgan fingerprint density at radius 1 is 0.536 bits per heavy atom. The van der Waals surface area contributed by atoms with Crippen LogP contribution in [-0.4, -0.2) is 12.5 Å². The van der Waals surface area contributed by atoms with E-state index in [2.05, 4.69) is 104 Å². The van der Waals surface area contributed by atoms with Crippen LogP contribution in [0.15, 0.2) is 99.4 Å². The molecule has 0 N–H and O–H groups in total. The van der Waals surface area contributed by atoms with Crippen LogP contribution in [-0.2, 0) is 0 Å². The van der Waals surface area contributed by atoms with E-state index >= 15 is 0 Å². The quantitative estimate of drug-likeness (QED) is 0.240. The smallest absolute Gasteiger partial charge is 0.0901 e. The third-order valence-corrected chi connectivity index (χ3v) is 15.4. The number of hydrogen-bond acceptors (Lipinski definition) is 4. The first kappa shape index (κ1) is 20.1. The first-order valence-electron chi connectivity index (χ1n) is 8.92. The molecule has 1 heterocycles. The standard InChI is InChI=1S/C23H21PS4/c1-25-21-22(26-2)28-23(27-21)24(18-12-6-3-7-13-18,19-14-8-4-9-15-19)20-16-10-5-11-17-20/h3-17H,1-2H3. The SMILES string of the molecule is CSc1sc(=P(c2ccccc2)(c2ccccc2)c2ccccc2)sc1SC. The zero-order valence-electron chi connectivity index (χ0n) is 15.7. The molecule has 0 nitrogen and oxygen atoms in total. The highest BCUT2D eigenvalue weighted by atomic mass is 32.2. The predicted octanol–water partition coefficient (Wildman–Crippen LogP) is 6.78. The second-order valence-electron chi connectivity index (χ2n) is 6.13. The summed E-state index contributed by atoms with van der Waals surface area (Å²) >= 11 is 7.71. The first-order chi connectivity index (χ1) is 13.8. The lowest BCUT2D eigenvalue weighted by atomic mass is 10.4. The summed E-state index contributed by atoms with van der Waals surface area (Å²) < 4.78 is 4.38. The summed E-state index contributed by atoms with van der Waals surface area (Å²) in [5.74, 6) is 0. The van der Waals surface area contributed by atoms with Crippen molar-refractivity contribution in [3.05, 3.63) is 94.6 Å². The van der Waals surface area contributed by atoms with Crippen molar-refractivity contribution >= 4 is 69.0 Å². The van der Waals surface area contributed by atoms with Crippen molar-refractivity contribution in [1.29, 1.82) is 0 Å². The van der Waals surface area contributed by atoms with Gasteiger partial charge in [0.1, 0.15) is 0 Å². The molecular weight excluding hydrogens is 435 g/mol. The van der Waals surface area contributed by atoms with Crippen molar-refractivity contribution in [2.45, 2.75) is 8.42 Å². The largest absolute Gasteiger partial charge is 0.117 e. The van der Waals surface area contributed by atoms with Gasteiger partial charge in [0.05, 0.1) is 12.0 Å². The Kier molecular flexibility index (Phi) is 6.55. The Morgan fingerprint density at radius 2 is 0.857 bits per heavy atom. The molecule has 0 atom stereocenters. The number of hydrogen-bond donors (Lipinski definition) is 0. The van der Waals surface area contributed by atoms with E-state index in [9.17, 15) is 0 Å². The summed E-state index contributed by atoms with van der Waals surface area (Å²) in [7, 11) is 0. The molecule has 4 aromatic rings. The second kappa shape index (κ2) is 9.11. The van der Waals surface area contributed by atoms with Gasteiger partial charge in [0, 0.05) is 6.89 Å². The lowest BCUT2D eigenvalue weighted by Gasteiger charge is -2.27. The molecule has 0 amide bonds. The molecule has 0 aliphatic rings. The van der Waals surface area contributed by atoms with E-state index in [4.69, 9.17) is 0 Å². The minimum atomic E-state index is -1.93. The molecule has 0 radical (unpaired) electrons. The summed E-state index contributed by atoms with van der Waals surface area (Å²) in [4.78, 5) is 0. The van der Waals surface area contributed by atoms with Gasteiger partial charge in [-0.15, -0.1) is 46.2 Å². The van der Waals surface area contributed by atoms with Gasteiger partial charge >= 0.3 is 0 Å². The molecule has 5 heteroatoms. The van der Waals surface area contributed by atoms with Gasteiger partial charge in [0.15, 0.2) is 0 Å². The molecule has 0 bridgehead atoms. The van der Waals surface area contributed by atoms with Crippen molar-refractivity contribution < 1.29 is 0 Å². The van der Waals surface area contributed by atoms with Gasteiger partial charge in [0.25, 0.3) is 0 Å². The van der Waals surface area contributed by atoms with Crippen LogP contribution < -0.4 is 15.9 Å². The van der Waals surface area contributed by atoms with Crippen molar-refractivity contribution in [2.24, 2.45) is 0 Å². The molecule has 0 aliphatic carbocycles. The summed E-state index contributed by atoms with van der Waals surface area (Å²) in [6, 6.07) is 33.3. The summed E-state index contributed by atoms with van der Waals surface area (Å²) in [6.07, 6.45) is 4.38. The summed E-state index contributed by atoms with van der Waals surface area (Å²) in [5, 5.41) is 4.26. The highest BCUT2D eigenvalue weighted by Gasteiger charge is 2.28. The lowest BCUT2D eigenvalue weighted by molar-refractivity contribution is 1.54. The van der Waals surface area contributed by atoms with Gasteiger partial charge in [-0.2, -0.15) is 0 Å². The average molecular weight is 457 g/mol. The first-order valence-corrected chi connectivity index (χ1v) is 14.8. The molecule has 0 aliphatic heterocycles. The fourth-order valence-electron chi connectivity index (χ4n) is 3.37. The van der Waals surface area contributed by atoms with E-state index in [1.54, 1.807) is 0 Å². The van der Waals surface area contributed by atoms with Crippen LogP contribution in [0.5, 0.6) is 0 Å². The Morgan fingerprint density at radius 3 is 1.14 bits per heavy atom. The van der Waals surface area contributed by atoms with Crippen LogP contribution in [0.2, 0.25) is 0 Å². The topological polar surface area (TPSA) is 0 Å². The third kappa shape index (κ3) is 3.58. The maximum absolute atomic E-state index is 2.32. The molecule has 3 aromatic carbocycles. The maximum atomic E-state index is 2.32. The molecule has 1 aromatic heterocycles. The minimum absolute atomic E-state index is 1.42. The van der Waals surface area contributed by atoms with Gasteiger partial charge in [-0.1, -0.05) is 91.0 Å². The monoisotopic (exact) mass is 456 g/mol. The van der Waals surface area contributed by atoms with E-state index in [0.29, 0.717) is 0 Å². The Hall–Kier alpha value is -1.16. The Bertz CT molecular complexity index is 1000. The van der Waals surface area contributed by atoms with Crippen LogP contribution in [0.4, 0.5) is 0 Å². The molecule has 0 unspecified atom stereocenters. The second-order valence-corrected chi connectivity index (χ2v) is 14.5. The molecule has 0 spiro atoms. The van der Waals surface area contributed by atoms with Gasteiger partial charge in [-0.25, -0.2) is 0 Å². The molecule has 0 saturated carbocycles. The van der Waals surface area contributed by atoms with Crippen LogP contribution in [0.1, 0.15) is 0 Å². The van der Waals surface area contributed by atoms with Gasteiger partial charge in [0.2, 0.25) is 0 Å². The molecule has 142 valence electrons. The van der Waals surface area contributed by atoms with E-state index in [-0.39, 0.29) is 0 Å². The molecule has 0 fully saturated rings. The summed E-state index contributed by atoms with van der Waals surface area (Å²) in [5.41, 5.74) is 0. The minimum Gasteiger partial charge on any atom is -0.117 e. The van der Waals surface area contributed by atoms with E-state index < -0.39 is 6.89 Å². The van der Waals surface area contributed by atoms with Crippen molar-refractivity contribution in [2.75, 3.05) is 12.5 Å². The van der Waals surface area contributed by atoms with E-state index in [1.807, 2.05) is 46.2 Å². The normalized spacial score (nSPS) is 11.5. The lowest BCUT2D eigenvalue weighted by Crippen LogP contribution is -2.25. The van der Waals surface area contributed by atoms with Crippen molar-refractivity contribution in [3.8, 4) is 0 Å². The predicted molar refractivity (Wildman–Crippen MR) is 134 cm³/mol. The van der Waals surface area contributed by atoms with Crippen LogP contribution in [0.25, 0.3) is 0 Å². The van der Waals surface area contributed by atoms with Crippen molar-refractivity contribution in [3.63, 3.8) is 0 Å². The van der Waals surface area contributed by atoms with E-state index in [1.165, 1.54) is 27.9 Å². The van der Waals surface area contributed by atoms with Crippen molar-refractivity contribution in [1.82, 2.24) is 0 Å². The zero-order chi connectivity index (χ0) is 19.4.